The maximum atomic E-state index is 11.4. The van der Waals surface area contributed by atoms with Crippen LogP contribution in [0.1, 0.15) is 24.5 Å². The summed E-state index contributed by atoms with van der Waals surface area (Å²) in [7, 11) is 0. The lowest BCUT2D eigenvalue weighted by Crippen LogP contribution is -2.57. The van der Waals surface area contributed by atoms with E-state index in [4.69, 9.17) is 0 Å². The summed E-state index contributed by atoms with van der Waals surface area (Å²) in [4.78, 5) is 16.1. The Morgan fingerprint density at radius 2 is 1.44 bits per heavy atom. The number of carbonyl (C=O) groups is 1. The van der Waals surface area contributed by atoms with Crippen LogP contribution in [0, 0.1) is 0 Å². The highest BCUT2D eigenvalue weighted by Crippen LogP contribution is 2.22. The molecule has 0 spiro atoms. The molecule has 0 radical (unpaired) electrons. The molecule has 1 aliphatic rings. The zero-order chi connectivity index (χ0) is 17.6. The van der Waals surface area contributed by atoms with E-state index in [2.05, 4.69) is 53.1 Å². The molecule has 0 aliphatic carbocycles. The van der Waals surface area contributed by atoms with Gasteiger partial charge in [-0.2, -0.15) is 0 Å². The third-order valence-electron chi connectivity index (χ3n) is 4.95. The van der Waals surface area contributed by atoms with Crippen LogP contribution in [0.2, 0.25) is 0 Å². The molecule has 1 saturated heterocycles. The van der Waals surface area contributed by atoms with Crippen LogP contribution in [0.25, 0.3) is 0 Å². The maximum absolute atomic E-state index is 11.4. The van der Waals surface area contributed by atoms with Crippen LogP contribution in [0.3, 0.4) is 0 Å². The number of piperazine rings is 1. The minimum Gasteiger partial charge on any atom is -0.481 e. The Morgan fingerprint density at radius 1 is 0.920 bits per heavy atom. The molecule has 0 bridgehead atoms. The molecule has 1 aliphatic heterocycles. The van der Waals surface area contributed by atoms with Gasteiger partial charge in [-0.3, -0.25) is 14.6 Å². The van der Waals surface area contributed by atoms with Gasteiger partial charge in [-0.15, -0.1) is 0 Å². The van der Waals surface area contributed by atoms with Crippen molar-refractivity contribution in [3.05, 3.63) is 71.8 Å². The van der Waals surface area contributed by atoms with E-state index in [-0.39, 0.29) is 12.5 Å². The summed E-state index contributed by atoms with van der Waals surface area (Å²) in [6.45, 7) is 5.59. The third kappa shape index (κ3) is 4.91. The lowest BCUT2D eigenvalue weighted by molar-refractivity contribution is -0.139. The number of hydrogen-bond acceptors (Lipinski definition) is 3. The van der Waals surface area contributed by atoms with Gasteiger partial charge in [0.25, 0.3) is 0 Å². The molecular weight excluding hydrogens is 312 g/mol. The number of carboxylic acid groups (broad SMARTS) is 1. The van der Waals surface area contributed by atoms with Gasteiger partial charge in [0.2, 0.25) is 0 Å². The molecule has 1 heterocycles. The summed E-state index contributed by atoms with van der Waals surface area (Å²) >= 11 is 0. The molecule has 2 aromatic rings. The van der Waals surface area contributed by atoms with Crippen LogP contribution in [-0.2, 0) is 17.9 Å². The van der Waals surface area contributed by atoms with Crippen LogP contribution in [0.4, 0.5) is 0 Å². The summed E-state index contributed by atoms with van der Waals surface area (Å²) in [5.74, 6) is -0.725. The molecule has 1 N–H and O–H groups in total. The molecule has 4 heteroatoms. The molecule has 2 atom stereocenters. The highest BCUT2D eigenvalue weighted by molar-refractivity contribution is 5.67. The van der Waals surface area contributed by atoms with Gasteiger partial charge in [0.15, 0.2) is 0 Å². The number of benzene rings is 2. The van der Waals surface area contributed by atoms with Crippen molar-refractivity contribution >= 4 is 5.97 Å². The van der Waals surface area contributed by atoms with Gasteiger partial charge in [0, 0.05) is 38.3 Å². The summed E-state index contributed by atoms with van der Waals surface area (Å²) in [5.41, 5.74) is 2.52. The van der Waals surface area contributed by atoms with Crippen molar-refractivity contribution in [2.45, 2.75) is 38.5 Å². The normalized spacial score (nSPS) is 22.0. The monoisotopic (exact) mass is 338 g/mol. The van der Waals surface area contributed by atoms with E-state index in [0.29, 0.717) is 6.04 Å². The summed E-state index contributed by atoms with van der Waals surface area (Å²) < 4.78 is 0. The average Bonchev–Trinajstić information content (AvgIpc) is 2.60. The fourth-order valence-electron chi connectivity index (χ4n) is 3.62. The first-order chi connectivity index (χ1) is 12.1. The minimum absolute atomic E-state index is 0.0395. The molecule has 1 fully saturated rings. The Kier molecular flexibility index (Phi) is 5.84. The van der Waals surface area contributed by atoms with Gasteiger partial charge < -0.3 is 5.11 Å². The fraction of sp³-hybridized carbons (Fsp3) is 0.381. The number of carboxylic acids is 1. The first-order valence-electron chi connectivity index (χ1n) is 8.89. The predicted octanol–water partition coefficient (Wildman–Crippen LogP) is 3.24. The summed E-state index contributed by atoms with van der Waals surface area (Å²) in [6, 6.07) is 21.2. The highest BCUT2D eigenvalue weighted by Gasteiger charge is 2.32. The van der Waals surface area contributed by atoms with Gasteiger partial charge in [-0.05, 0) is 18.1 Å². The van der Waals surface area contributed by atoms with Crippen molar-refractivity contribution in [1.29, 1.82) is 0 Å². The average molecular weight is 338 g/mol. The number of aliphatic carboxylic acids is 1. The second-order valence-corrected chi connectivity index (χ2v) is 6.93. The van der Waals surface area contributed by atoms with E-state index in [1.807, 2.05) is 24.3 Å². The largest absolute Gasteiger partial charge is 0.481 e. The van der Waals surface area contributed by atoms with Crippen LogP contribution in [0.5, 0.6) is 0 Å². The third-order valence-corrected chi connectivity index (χ3v) is 4.95. The van der Waals surface area contributed by atoms with E-state index < -0.39 is 5.97 Å². The van der Waals surface area contributed by atoms with E-state index in [1.165, 1.54) is 11.1 Å². The highest BCUT2D eigenvalue weighted by atomic mass is 16.4. The molecular formula is C21H26N2O2. The van der Waals surface area contributed by atoms with Gasteiger partial charge >= 0.3 is 5.97 Å². The topological polar surface area (TPSA) is 43.8 Å². The number of hydrogen-bond donors (Lipinski definition) is 1. The van der Waals surface area contributed by atoms with Gasteiger partial charge in [-0.25, -0.2) is 0 Å². The first kappa shape index (κ1) is 17.6. The molecule has 0 saturated carbocycles. The summed E-state index contributed by atoms with van der Waals surface area (Å²) in [5, 5.41) is 9.35. The SMILES string of the molecule is C[C@@H]1CN(Cc2ccccc2)[C@H](CC(=O)O)CN1Cc1ccccc1. The molecule has 25 heavy (non-hydrogen) atoms. The lowest BCUT2D eigenvalue weighted by atomic mass is 10.0. The molecule has 4 nitrogen and oxygen atoms in total. The van der Waals surface area contributed by atoms with Crippen molar-refractivity contribution in [3.63, 3.8) is 0 Å². The fourth-order valence-corrected chi connectivity index (χ4v) is 3.62. The molecule has 3 rings (SSSR count). The van der Waals surface area contributed by atoms with Crippen molar-refractivity contribution in [2.75, 3.05) is 13.1 Å². The van der Waals surface area contributed by atoms with Gasteiger partial charge in [0.1, 0.15) is 0 Å². The second-order valence-electron chi connectivity index (χ2n) is 6.93. The van der Waals surface area contributed by atoms with Gasteiger partial charge in [-0.1, -0.05) is 60.7 Å². The maximum Gasteiger partial charge on any atom is 0.304 e. The molecule has 0 unspecified atom stereocenters. The Labute approximate surface area is 149 Å². The van der Waals surface area contributed by atoms with Crippen LogP contribution in [-0.4, -0.2) is 46.0 Å². The smallest absolute Gasteiger partial charge is 0.304 e. The lowest BCUT2D eigenvalue weighted by Gasteiger charge is -2.45. The Bertz CT molecular complexity index is 675. The predicted molar refractivity (Wildman–Crippen MR) is 99.2 cm³/mol. The zero-order valence-corrected chi connectivity index (χ0v) is 14.7. The minimum atomic E-state index is -0.725. The Hall–Kier alpha value is -2.17. The first-order valence-corrected chi connectivity index (χ1v) is 8.89. The van der Waals surface area contributed by atoms with Crippen LogP contribution < -0.4 is 0 Å². The molecule has 132 valence electrons. The Balaban J connectivity index is 1.71. The van der Waals surface area contributed by atoms with Crippen molar-refractivity contribution in [3.8, 4) is 0 Å². The van der Waals surface area contributed by atoms with Crippen LogP contribution in [0.15, 0.2) is 60.7 Å². The number of rotatable bonds is 6. The molecule has 0 aromatic heterocycles. The van der Waals surface area contributed by atoms with E-state index in [1.54, 1.807) is 0 Å². The standard InChI is InChI=1S/C21H26N2O2/c1-17-13-23(15-19-10-6-3-7-11-19)20(12-21(24)25)16-22(17)14-18-8-4-2-5-9-18/h2-11,17,20H,12-16H2,1H3,(H,24,25)/t17-,20-/m1/s1. The van der Waals surface area contributed by atoms with Crippen molar-refractivity contribution in [1.82, 2.24) is 9.80 Å². The van der Waals surface area contributed by atoms with Crippen molar-refractivity contribution < 1.29 is 9.90 Å². The van der Waals surface area contributed by atoms with E-state index >= 15 is 0 Å². The van der Waals surface area contributed by atoms with Gasteiger partial charge in [0.05, 0.1) is 6.42 Å². The zero-order valence-electron chi connectivity index (χ0n) is 14.7. The van der Waals surface area contributed by atoms with Crippen molar-refractivity contribution in [2.24, 2.45) is 0 Å². The summed E-state index contributed by atoms with van der Waals surface area (Å²) in [6.07, 6.45) is 0.185. The second kappa shape index (κ2) is 8.28. The number of nitrogens with zero attached hydrogens (tertiary/aromatic N) is 2. The van der Waals surface area contributed by atoms with Crippen LogP contribution >= 0.6 is 0 Å². The quantitative estimate of drug-likeness (QED) is 0.878. The van der Waals surface area contributed by atoms with E-state index in [9.17, 15) is 9.90 Å². The Morgan fingerprint density at radius 3 is 1.96 bits per heavy atom. The molecule has 2 aromatic carbocycles. The van der Waals surface area contributed by atoms with E-state index in [0.717, 1.165) is 26.2 Å². The molecule has 0 amide bonds.